The molecule has 0 spiro atoms. The highest BCUT2D eigenvalue weighted by atomic mass is 16.1. The number of benzene rings is 2. The molecule has 160 valence electrons. The average Bonchev–Trinajstić information content (AvgIpc) is 2.72. The first kappa shape index (κ1) is 22.3. The van der Waals surface area contributed by atoms with Crippen molar-refractivity contribution in [1.82, 2.24) is 9.80 Å². The summed E-state index contributed by atoms with van der Waals surface area (Å²) in [6, 6.07) is 21.8. The van der Waals surface area contributed by atoms with Gasteiger partial charge >= 0.3 is 0 Å². The Kier molecular flexibility index (Phi) is 8.70. The molecule has 3 heteroatoms. The van der Waals surface area contributed by atoms with Gasteiger partial charge in [0.2, 0.25) is 0 Å². The molecule has 1 aliphatic rings. The van der Waals surface area contributed by atoms with Gasteiger partial charge in [0.25, 0.3) is 0 Å². The summed E-state index contributed by atoms with van der Waals surface area (Å²) in [5.74, 6) is 0.707. The van der Waals surface area contributed by atoms with Crippen molar-refractivity contribution < 1.29 is 4.79 Å². The highest BCUT2D eigenvalue weighted by Gasteiger charge is 2.37. The van der Waals surface area contributed by atoms with Crippen LogP contribution in [-0.4, -0.2) is 35.2 Å². The minimum absolute atomic E-state index is 0.250. The van der Waals surface area contributed by atoms with Gasteiger partial charge in [-0.25, -0.2) is 0 Å². The Labute approximate surface area is 182 Å². The summed E-state index contributed by atoms with van der Waals surface area (Å²) in [5.41, 5.74) is 2.68. The predicted molar refractivity (Wildman–Crippen MR) is 125 cm³/mol. The second kappa shape index (κ2) is 11.7. The zero-order valence-electron chi connectivity index (χ0n) is 18.5. The van der Waals surface area contributed by atoms with Gasteiger partial charge in [0.05, 0.1) is 0 Å². The summed E-state index contributed by atoms with van der Waals surface area (Å²) in [6.07, 6.45) is 8.99. The quantitative estimate of drug-likeness (QED) is 0.455. The van der Waals surface area contributed by atoms with Crippen LogP contribution in [0.4, 0.5) is 0 Å². The number of rotatable bonds is 12. The topological polar surface area (TPSA) is 23.6 Å². The first-order valence-corrected chi connectivity index (χ1v) is 11.4. The van der Waals surface area contributed by atoms with E-state index in [1.54, 1.807) is 0 Å². The zero-order chi connectivity index (χ0) is 21.2. The van der Waals surface area contributed by atoms with Crippen LogP contribution in [0.1, 0.15) is 50.2 Å². The normalized spacial score (nSPS) is 18.5. The predicted octanol–water partition coefficient (Wildman–Crippen LogP) is 5.67. The molecule has 0 unspecified atom stereocenters. The average molecular weight is 405 g/mol. The highest BCUT2D eigenvalue weighted by molar-refractivity contribution is 5.82. The molecule has 0 bridgehead atoms. The molecule has 3 nitrogen and oxygen atoms in total. The first-order chi connectivity index (χ1) is 14.7. The summed E-state index contributed by atoms with van der Waals surface area (Å²) in [4.78, 5) is 17.4. The van der Waals surface area contributed by atoms with Crippen molar-refractivity contribution in [3.8, 4) is 0 Å². The van der Waals surface area contributed by atoms with Crippen LogP contribution in [0.2, 0.25) is 0 Å². The number of allylic oxidation sites excluding steroid dienone is 1. The van der Waals surface area contributed by atoms with Crippen molar-refractivity contribution in [3.05, 3.63) is 84.1 Å². The third-order valence-electron chi connectivity index (χ3n) is 6.07. The molecule has 0 aliphatic heterocycles. The zero-order valence-corrected chi connectivity index (χ0v) is 18.5. The molecule has 30 heavy (non-hydrogen) atoms. The van der Waals surface area contributed by atoms with Gasteiger partial charge in [0, 0.05) is 45.1 Å². The number of hydrogen-bond donors (Lipinski definition) is 0. The van der Waals surface area contributed by atoms with E-state index in [2.05, 4.69) is 96.7 Å². The molecule has 2 aromatic rings. The van der Waals surface area contributed by atoms with Gasteiger partial charge in [-0.05, 0) is 43.0 Å². The van der Waals surface area contributed by atoms with Crippen LogP contribution in [0.15, 0.2) is 72.9 Å². The molecule has 1 saturated carbocycles. The fourth-order valence-corrected chi connectivity index (χ4v) is 4.17. The summed E-state index contributed by atoms with van der Waals surface area (Å²) in [7, 11) is 2.08. The van der Waals surface area contributed by atoms with Crippen LogP contribution in [0.25, 0.3) is 0 Å². The van der Waals surface area contributed by atoms with E-state index in [9.17, 15) is 4.79 Å². The van der Waals surface area contributed by atoms with E-state index >= 15 is 0 Å². The number of ketones is 1. The lowest BCUT2D eigenvalue weighted by atomic mass is 9.75. The molecule has 1 aliphatic carbocycles. The Bertz CT molecular complexity index is 740. The SMILES string of the molecule is CC/C=C\N(C)CCCC(=O)C1CC(N(Cc2ccccc2)Cc2ccccc2)C1. The molecular weight excluding hydrogens is 368 g/mol. The lowest BCUT2D eigenvalue weighted by molar-refractivity contribution is -0.128. The van der Waals surface area contributed by atoms with Crippen molar-refractivity contribution in [2.45, 2.75) is 58.2 Å². The van der Waals surface area contributed by atoms with E-state index in [0.717, 1.165) is 45.3 Å². The molecule has 0 heterocycles. The van der Waals surface area contributed by atoms with Crippen molar-refractivity contribution >= 4 is 5.78 Å². The van der Waals surface area contributed by atoms with Crippen molar-refractivity contribution in [2.75, 3.05) is 13.6 Å². The summed E-state index contributed by atoms with van der Waals surface area (Å²) >= 11 is 0. The molecule has 0 atom stereocenters. The van der Waals surface area contributed by atoms with E-state index in [4.69, 9.17) is 0 Å². The van der Waals surface area contributed by atoms with Crippen molar-refractivity contribution in [2.24, 2.45) is 5.92 Å². The van der Waals surface area contributed by atoms with Crippen LogP contribution in [0, 0.1) is 5.92 Å². The maximum Gasteiger partial charge on any atom is 0.136 e. The van der Waals surface area contributed by atoms with Crippen LogP contribution in [0.5, 0.6) is 0 Å². The van der Waals surface area contributed by atoms with Crippen LogP contribution < -0.4 is 0 Å². The summed E-state index contributed by atoms with van der Waals surface area (Å²) in [6.45, 7) is 4.97. The van der Waals surface area contributed by atoms with E-state index in [1.165, 1.54) is 11.1 Å². The number of carbonyl (C=O) groups is 1. The monoisotopic (exact) mass is 404 g/mol. The lowest BCUT2D eigenvalue weighted by Crippen LogP contribution is -2.46. The molecule has 2 aromatic carbocycles. The highest BCUT2D eigenvalue weighted by Crippen LogP contribution is 2.35. The fraction of sp³-hybridized carbons (Fsp3) is 0.444. The molecule has 0 radical (unpaired) electrons. The van der Waals surface area contributed by atoms with Gasteiger partial charge < -0.3 is 4.90 Å². The molecule has 0 saturated heterocycles. The third-order valence-corrected chi connectivity index (χ3v) is 6.07. The van der Waals surface area contributed by atoms with Gasteiger partial charge in [0.1, 0.15) is 5.78 Å². The number of nitrogens with zero attached hydrogens (tertiary/aromatic N) is 2. The van der Waals surface area contributed by atoms with Crippen molar-refractivity contribution in [1.29, 1.82) is 0 Å². The van der Waals surface area contributed by atoms with Gasteiger partial charge in [0.15, 0.2) is 0 Å². The Morgan fingerprint density at radius 1 is 0.967 bits per heavy atom. The van der Waals surface area contributed by atoms with Crippen LogP contribution >= 0.6 is 0 Å². The minimum Gasteiger partial charge on any atom is -0.381 e. The Hall–Kier alpha value is -2.39. The molecule has 0 N–H and O–H groups in total. The lowest BCUT2D eigenvalue weighted by Gasteiger charge is -2.42. The molecule has 3 rings (SSSR count). The van der Waals surface area contributed by atoms with E-state index in [0.29, 0.717) is 18.2 Å². The second-order valence-corrected chi connectivity index (χ2v) is 8.54. The third kappa shape index (κ3) is 6.84. The van der Waals surface area contributed by atoms with E-state index in [1.807, 2.05) is 0 Å². The van der Waals surface area contributed by atoms with Gasteiger partial charge in [-0.15, -0.1) is 0 Å². The Balaban J connectivity index is 1.50. The molecule has 0 amide bonds. The second-order valence-electron chi connectivity index (χ2n) is 8.54. The van der Waals surface area contributed by atoms with Gasteiger partial charge in [-0.2, -0.15) is 0 Å². The molecule has 0 aromatic heterocycles. The minimum atomic E-state index is 0.250. The standard InChI is InChI=1S/C27H36N2O/c1-3-4-17-28(2)18-11-16-27(30)25-19-26(20-25)29(21-23-12-7-5-8-13-23)22-24-14-9-6-10-15-24/h4-10,12-15,17,25-26H,3,11,16,18-22H2,1-2H3/b17-4-. The maximum absolute atomic E-state index is 12.7. The first-order valence-electron chi connectivity index (χ1n) is 11.4. The number of carbonyl (C=O) groups excluding carboxylic acids is 1. The summed E-state index contributed by atoms with van der Waals surface area (Å²) in [5, 5.41) is 0. The maximum atomic E-state index is 12.7. The number of hydrogen-bond acceptors (Lipinski definition) is 3. The largest absolute Gasteiger partial charge is 0.381 e. The van der Waals surface area contributed by atoms with Gasteiger partial charge in [-0.3, -0.25) is 9.69 Å². The summed E-state index contributed by atoms with van der Waals surface area (Å²) < 4.78 is 0. The Morgan fingerprint density at radius 3 is 2.07 bits per heavy atom. The fourth-order valence-electron chi connectivity index (χ4n) is 4.17. The van der Waals surface area contributed by atoms with E-state index < -0.39 is 0 Å². The van der Waals surface area contributed by atoms with E-state index in [-0.39, 0.29) is 5.92 Å². The smallest absolute Gasteiger partial charge is 0.136 e. The van der Waals surface area contributed by atoms with Crippen LogP contribution in [-0.2, 0) is 17.9 Å². The van der Waals surface area contributed by atoms with Crippen molar-refractivity contribution in [3.63, 3.8) is 0 Å². The Morgan fingerprint density at radius 2 is 1.53 bits per heavy atom. The number of Topliss-reactive ketones (excluding diaryl/α,β-unsaturated/α-hetero) is 1. The van der Waals surface area contributed by atoms with Crippen LogP contribution in [0.3, 0.4) is 0 Å². The van der Waals surface area contributed by atoms with Gasteiger partial charge in [-0.1, -0.05) is 73.7 Å². The molecule has 1 fully saturated rings. The molecular formula is C27H36N2O.